The number of carbonyl (C=O) groups excluding carboxylic acids is 1. The van der Waals surface area contributed by atoms with Crippen molar-refractivity contribution in [3.05, 3.63) is 53.9 Å². The maximum atomic E-state index is 12.4. The van der Waals surface area contributed by atoms with E-state index in [4.69, 9.17) is 0 Å². The molecular formula is C17H21N3O3S. The fourth-order valence-electron chi connectivity index (χ4n) is 2.28. The molecule has 7 heteroatoms. The highest BCUT2D eigenvalue weighted by Crippen LogP contribution is 2.18. The predicted octanol–water partition coefficient (Wildman–Crippen LogP) is 2.67. The summed E-state index contributed by atoms with van der Waals surface area (Å²) in [6, 6.07) is 7.74. The fourth-order valence-corrected chi connectivity index (χ4v) is 3.74. The maximum Gasteiger partial charge on any atom is 0.255 e. The Morgan fingerprint density at radius 2 is 1.75 bits per heavy atom. The standard InChI is InChI=1S/C17H21N3O3S/c1-4-20(5-2)24(22,23)15-8-6-14(7-9-15)17(21)19-16-12-18-11-10-13(16)3/h6-12H,4-5H2,1-3H3,(H,19,21). The monoisotopic (exact) mass is 347 g/mol. The zero-order valence-electron chi connectivity index (χ0n) is 14.0. The van der Waals surface area contributed by atoms with E-state index < -0.39 is 10.0 Å². The summed E-state index contributed by atoms with van der Waals surface area (Å²) in [4.78, 5) is 16.4. The van der Waals surface area contributed by atoms with E-state index in [0.717, 1.165) is 5.56 Å². The molecule has 128 valence electrons. The van der Waals surface area contributed by atoms with Gasteiger partial charge in [0.05, 0.1) is 16.8 Å². The van der Waals surface area contributed by atoms with E-state index >= 15 is 0 Å². The molecule has 0 aliphatic carbocycles. The summed E-state index contributed by atoms with van der Waals surface area (Å²) in [7, 11) is -3.52. The lowest BCUT2D eigenvalue weighted by Gasteiger charge is -2.18. The van der Waals surface area contributed by atoms with Gasteiger partial charge in [0.25, 0.3) is 5.91 Å². The number of hydrogen-bond donors (Lipinski definition) is 1. The molecule has 0 aliphatic rings. The van der Waals surface area contributed by atoms with Crippen LogP contribution < -0.4 is 5.32 Å². The molecule has 0 unspecified atom stereocenters. The Kier molecular flexibility index (Phi) is 5.69. The first-order valence-corrected chi connectivity index (χ1v) is 9.16. The van der Waals surface area contributed by atoms with E-state index in [2.05, 4.69) is 10.3 Å². The summed E-state index contributed by atoms with van der Waals surface area (Å²) in [5.74, 6) is -0.308. The molecule has 1 heterocycles. The quantitative estimate of drug-likeness (QED) is 0.871. The molecule has 0 fully saturated rings. The van der Waals surface area contributed by atoms with Crippen molar-refractivity contribution < 1.29 is 13.2 Å². The number of sulfonamides is 1. The normalized spacial score (nSPS) is 11.5. The average molecular weight is 347 g/mol. The lowest BCUT2D eigenvalue weighted by Crippen LogP contribution is -2.30. The van der Waals surface area contributed by atoms with Crippen LogP contribution in [0.1, 0.15) is 29.8 Å². The van der Waals surface area contributed by atoms with Crippen molar-refractivity contribution in [2.45, 2.75) is 25.7 Å². The summed E-state index contributed by atoms with van der Waals surface area (Å²) in [5, 5.41) is 2.77. The molecule has 1 aromatic carbocycles. The first kappa shape index (κ1) is 18.1. The van der Waals surface area contributed by atoms with Crippen molar-refractivity contribution in [2.24, 2.45) is 0 Å². The fraction of sp³-hybridized carbons (Fsp3) is 0.294. The molecule has 6 nitrogen and oxygen atoms in total. The Labute approximate surface area is 142 Å². The van der Waals surface area contributed by atoms with Gasteiger partial charge in [-0.1, -0.05) is 13.8 Å². The smallest absolute Gasteiger partial charge is 0.255 e. The van der Waals surface area contributed by atoms with Gasteiger partial charge >= 0.3 is 0 Å². The second kappa shape index (κ2) is 7.55. The van der Waals surface area contributed by atoms with Crippen molar-refractivity contribution in [1.29, 1.82) is 0 Å². The first-order valence-electron chi connectivity index (χ1n) is 7.72. The molecular weight excluding hydrogens is 326 g/mol. The van der Waals surface area contributed by atoms with Crippen molar-refractivity contribution >= 4 is 21.6 Å². The van der Waals surface area contributed by atoms with E-state index in [1.165, 1.54) is 28.6 Å². The van der Waals surface area contributed by atoms with Gasteiger partial charge in [0.15, 0.2) is 0 Å². The summed E-state index contributed by atoms with van der Waals surface area (Å²) >= 11 is 0. The van der Waals surface area contributed by atoms with Crippen molar-refractivity contribution in [3.63, 3.8) is 0 Å². The molecule has 0 radical (unpaired) electrons. The Morgan fingerprint density at radius 3 is 2.29 bits per heavy atom. The van der Waals surface area contributed by atoms with Crippen LogP contribution in [0.2, 0.25) is 0 Å². The van der Waals surface area contributed by atoms with Crippen molar-refractivity contribution in [2.75, 3.05) is 18.4 Å². The van der Waals surface area contributed by atoms with Crippen molar-refractivity contribution in [1.82, 2.24) is 9.29 Å². The summed E-state index contributed by atoms with van der Waals surface area (Å²) in [5.41, 5.74) is 1.91. The Balaban J connectivity index is 2.20. The van der Waals surface area contributed by atoms with Crippen LogP contribution >= 0.6 is 0 Å². The summed E-state index contributed by atoms with van der Waals surface area (Å²) < 4.78 is 26.2. The molecule has 0 saturated heterocycles. The molecule has 0 aliphatic heterocycles. The van der Waals surface area contributed by atoms with Gasteiger partial charge in [0.2, 0.25) is 10.0 Å². The number of nitrogens with one attached hydrogen (secondary N) is 1. The summed E-state index contributed by atoms with van der Waals surface area (Å²) in [6.45, 7) is 6.26. The number of carbonyl (C=O) groups is 1. The lowest BCUT2D eigenvalue weighted by molar-refractivity contribution is 0.102. The number of rotatable bonds is 6. The minimum Gasteiger partial charge on any atom is -0.320 e. The van der Waals surface area contributed by atoms with E-state index in [9.17, 15) is 13.2 Å². The zero-order valence-corrected chi connectivity index (χ0v) is 14.8. The first-order chi connectivity index (χ1) is 11.4. The largest absolute Gasteiger partial charge is 0.320 e. The third-order valence-electron chi connectivity index (χ3n) is 3.75. The van der Waals surface area contributed by atoms with Crippen LogP contribution in [0, 0.1) is 6.92 Å². The topological polar surface area (TPSA) is 79.4 Å². The number of amides is 1. The molecule has 2 aromatic rings. The van der Waals surface area contributed by atoms with E-state index in [1.54, 1.807) is 32.3 Å². The highest BCUT2D eigenvalue weighted by atomic mass is 32.2. The van der Waals surface area contributed by atoms with Crippen LogP contribution in [0.25, 0.3) is 0 Å². The molecule has 24 heavy (non-hydrogen) atoms. The number of aromatic nitrogens is 1. The SMILES string of the molecule is CCN(CC)S(=O)(=O)c1ccc(C(=O)Nc2cnccc2C)cc1. The molecule has 1 amide bonds. The van der Waals surface area contributed by atoms with Gasteiger partial charge in [0.1, 0.15) is 0 Å². The molecule has 0 spiro atoms. The number of benzene rings is 1. The van der Waals surface area contributed by atoms with Gasteiger partial charge in [0, 0.05) is 24.8 Å². The van der Waals surface area contributed by atoms with Crippen LogP contribution in [0.15, 0.2) is 47.6 Å². The maximum absolute atomic E-state index is 12.4. The van der Waals surface area contributed by atoms with Gasteiger partial charge in [-0.2, -0.15) is 4.31 Å². The van der Waals surface area contributed by atoms with Crippen LogP contribution in [0.5, 0.6) is 0 Å². The second-order valence-electron chi connectivity index (χ2n) is 5.26. The van der Waals surface area contributed by atoms with Crippen molar-refractivity contribution in [3.8, 4) is 0 Å². The molecule has 0 atom stereocenters. The molecule has 2 rings (SSSR count). The summed E-state index contributed by atoms with van der Waals surface area (Å²) in [6.07, 6.45) is 3.23. The zero-order chi connectivity index (χ0) is 17.7. The number of anilines is 1. The molecule has 0 saturated carbocycles. The van der Waals surface area contributed by atoms with Crippen LogP contribution in [-0.2, 0) is 10.0 Å². The minimum atomic E-state index is -3.52. The van der Waals surface area contributed by atoms with Crippen LogP contribution in [0.3, 0.4) is 0 Å². The lowest BCUT2D eigenvalue weighted by atomic mass is 10.2. The minimum absolute atomic E-state index is 0.181. The number of aryl methyl sites for hydroxylation is 1. The highest BCUT2D eigenvalue weighted by Gasteiger charge is 2.21. The Bertz CT molecular complexity index is 813. The molecule has 0 bridgehead atoms. The highest BCUT2D eigenvalue weighted by molar-refractivity contribution is 7.89. The van der Waals surface area contributed by atoms with Gasteiger partial charge in [-0.25, -0.2) is 8.42 Å². The third kappa shape index (κ3) is 3.80. The van der Waals surface area contributed by atoms with E-state index in [0.29, 0.717) is 24.3 Å². The number of hydrogen-bond acceptors (Lipinski definition) is 4. The number of pyridine rings is 1. The predicted molar refractivity (Wildman–Crippen MR) is 93.5 cm³/mol. The van der Waals surface area contributed by atoms with E-state index in [1.807, 2.05) is 6.92 Å². The van der Waals surface area contributed by atoms with Gasteiger partial charge in [-0.3, -0.25) is 9.78 Å². The Hall–Kier alpha value is -2.25. The van der Waals surface area contributed by atoms with Crippen LogP contribution in [0.4, 0.5) is 5.69 Å². The molecule has 1 N–H and O–H groups in total. The van der Waals surface area contributed by atoms with E-state index in [-0.39, 0.29) is 10.8 Å². The molecule has 1 aromatic heterocycles. The number of nitrogens with zero attached hydrogens (tertiary/aromatic N) is 2. The average Bonchev–Trinajstić information content (AvgIpc) is 2.58. The van der Waals surface area contributed by atoms with Gasteiger partial charge < -0.3 is 5.32 Å². The second-order valence-corrected chi connectivity index (χ2v) is 7.20. The van der Waals surface area contributed by atoms with Gasteiger partial charge in [-0.15, -0.1) is 0 Å². The Morgan fingerprint density at radius 1 is 1.12 bits per heavy atom. The van der Waals surface area contributed by atoms with Crippen LogP contribution in [-0.4, -0.2) is 36.7 Å². The third-order valence-corrected chi connectivity index (χ3v) is 5.81. The van der Waals surface area contributed by atoms with Gasteiger partial charge in [-0.05, 0) is 42.8 Å².